The quantitative estimate of drug-likeness (QED) is 0.261. The number of hydrogen-bond acceptors (Lipinski definition) is 6. The van der Waals surface area contributed by atoms with Crippen LogP contribution in [0.2, 0.25) is 0 Å². The fourth-order valence-electron chi connectivity index (χ4n) is 6.21. The molecule has 1 saturated carbocycles. The van der Waals surface area contributed by atoms with Crippen LogP contribution in [0.25, 0.3) is 55.4 Å². The second kappa shape index (κ2) is 9.48. The van der Waals surface area contributed by atoms with Gasteiger partial charge in [-0.15, -0.1) is 0 Å². The number of imidazole rings is 1. The van der Waals surface area contributed by atoms with Crippen molar-refractivity contribution in [1.82, 2.24) is 29.5 Å². The molecular weight excluding hydrogens is 500 g/mol. The number of aryl methyl sites for hydroxylation is 2. The minimum Gasteiger partial charge on any atom is -0.478 e. The minimum atomic E-state index is -0.969. The normalized spacial score (nSPS) is 14.3. The smallest absolute Gasteiger partial charge is 0.336 e. The highest BCUT2D eigenvalue weighted by molar-refractivity contribution is 6.08. The molecule has 6 aromatic rings. The van der Waals surface area contributed by atoms with E-state index in [0.717, 1.165) is 75.8 Å². The van der Waals surface area contributed by atoms with Crippen molar-refractivity contribution < 1.29 is 9.90 Å². The number of aromatic nitrogens is 6. The number of nitrogens with zero attached hydrogens (tertiary/aromatic N) is 6. The fourth-order valence-corrected chi connectivity index (χ4v) is 6.21. The van der Waals surface area contributed by atoms with Gasteiger partial charge in [-0.05, 0) is 56.0 Å². The minimum absolute atomic E-state index is 0.266. The lowest BCUT2D eigenvalue weighted by atomic mass is 9.92. The zero-order chi connectivity index (χ0) is 27.4. The van der Waals surface area contributed by atoms with E-state index in [2.05, 4.69) is 36.6 Å². The third kappa shape index (κ3) is 3.99. The van der Waals surface area contributed by atoms with Crippen molar-refractivity contribution in [3.8, 4) is 22.5 Å². The summed E-state index contributed by atoms with van der Waals surface area (Å²) in [5.41, 5.74) is 6.61. The predicted octanol–water partition coefficient (Wildman–Crippen LogP) is 7.08. The molecule has 0 amide bonds. The maximum atomic E-state index is 12.7. The molecule has 0 saturated heterocycles. The molecule has 40 heavy (non-hydrogen) atoms. The Kier molecular flexibility index (Phi) is 5.77. The van der Waals surface area contributed by atoms with Crippen LogP contribution < -0.4 is 0 Å². The van der Waals surface area contributed by atoms with Gasteiger partial charge in [0.2, 0.25) is 0 Å². The van der Waals surface area contributed by atoms with Gasteiger partial charge in [-0.1, -0.05) is 43.5 Å². The molecular formula is C32H28N6O2. The number of rotatable bonds is 4. The zero-order valence-corrected chi connectivity index (χ0v) is 22.4. The molecule has 1 aliphatic carbocycles. The molecule has 0 bridgehead atoms. The maximum Gasteiger partial charge on any atom is 0.336 e. The first kappa shape index (κ1) is 24.3. The van der Waals surface area contributed by atoms with Crippen LogP contribution in [-0.2, 0) is 0 Å². The molecule has 8 nitrogen and oxygen atoms in total. The SMILES string of the molecule is Cc1ncc2ccc(-c3nc4c(-c5ccc6cncnc6c5)c(C(=O)O)c(C)cc4n3C3CCCCC3)cc2n1. The van der Waals surface area contributed by atoms with Crippen LogP contribution in [0.1, 0.15) is 59.9 Å². The highest BCUT2D eigenvalue weighted by Crippen LogP contribution is 2.42. The van der Waals surface area contributed by atoms with Gasteiger partial charge in [0.05, 0.1) is 27.6 Å². The Balaban J connectivity index is 1.56. The van der Waals surface area contributed by atoms with E-state index in [4.69, 9.17) is 4.98 Å². The Morgan fingerprint density at radius 1 is 0.875 bits per heavy atom. The first-order valence-electron chi connectivity index (χ1n) is 13.7. The molecule has 0 unspecified atom stereocenters. The summed E-state index contributed by atoms with van der Waals surface area (Å²) in [4.78, 5) is 35.5. The monoisotopic (exact) mass is 528 g/mol. The van der Waals surface area contributed by atoms with E-state index in [1.807, 2.05) is 50.4 Å². The van der Waals surface area contributed by atoms with Crippen molar-refractivity contribution in [1.29, 1.82) is 0 Å². The van der Waals surface area contributed by atoms with Crippen LogP contribution >= 0.6 is 0 Å². The number of hydrogen-bond donors (Lipinski definition) is 1. The molecule has 3 aromatic heterocycles. The van der Waals surface area contributed by atoms with E-state index in [1.54, 1.807) is 6.20 Å². The van der Waals surface area contributed by atoms with Crippen molar-refractivity contribution in [2.45, 2.75) is 52.0 Å². The highest BCUT2D eigenvalue weighted by Gasteiger charge is 2.28. The van der Waals surface area contributed by atoms with E-state index in [-0.39, 0.29) is 11.6 Å². The first-order valence-corrected chi connectivity index (χ1v) is 13.7. The fraction of sp³-hybridized carbons (Fsp3) is 0.250. The van der Waals surface area contributed by atoms with Gasteiger partial charge in [0, 0.05) is 40.3 Å². The Morgan fingerprint density at radius 2 is 1.62 bits per heavy atom. The van der Waals surface area contributed by atoms with Crippen molar-refractivity contribution >= 4 is 38.8 Å². The van der Waals surface area contributed by atoms with Crippen LogP contribution in [0.15, 0.2) is 61.2 Å². The summed E-state index contributed by atoms with van der Waals surface area (Å²) in [5.74, 6) is 0.588. The molecule has 8 heteroatoms. The summed E-state index contributed by atoms with van der Waals surface area (Å²) < 4.78 is 2.36. The van der Waals surface area contributed by atoms with Crippen LogP contribution in [0.4, 0.5) is 0 Å². The molecule has 198 valence electrons. The van der Waals surface area contributed by atoms with Crippen LogP contribution in [0.3, 0.4) is 0 Å². The molecule has 1 aliphatic rings. The standard InChI is InChI=1S/C32H28N6O2/c1-18-12-27-30(29(28(18)32(39)40)20-8-10-22-15-33-17-35-25(22)13-20)37-31(38(27)24-6-4-3-5-7-24)21-9-11-23-16-34-19(2)36-26(23)14-21/h8-17,24H,3-7H2,1-2H3,(H,39,40). The molecule has 0 aliphatic heterocycles. The van der Waals surface area contributed by atoms with Crippen molar-refractivity contribution in [3.05, 3.63) is 78.1 Å². The largest absolute Gasteiger partial charge is 0.478 e. The third-order valence-electron chi connectivity index (χ3n) is 8.09. The molecule has 3 heterocycles. The number of carboxylic acid groups (broad SMARTS) is 1. The Bertz CT molecular complexity index is 1960. The zero-order valence-electron chi connectivity index (χ0n) is 22.4. The van der Waals surface area contributed by atoms with E-state index in [0.29, 0.717) is 16.6 Å². The van der Waals surface area contributed by atoms with Gasteiger partial charge in [-0.25, -0.2) is 29.7 Å². The van der Waals surface area contributed by atoms with Crippen molar-refractivity contribution in [2.24, 2.45) is 0 Å². The van der Waals surface area contributed by atoms with E-state index < -0.39 is 5.97 Å². The van der Waals surface area contributed by atoms with Gasteiger partial charge in [-0.2, -0.15) is 0 Å². The molecule has 1 N–H and O–H groups in total. The summed E-state index contributed by atoms with van der Waals surface area (Å²) in [7, 11) is 0. The average molecular weight is 529 g/mol. The lowest BCUT2D eigenvalue weighted by molar-refractivity contribution is 0.0697. The molecule has 0 spiro atoms. The van der Waals surface area contributed by atoms with E-state index in [1.165, 1.54) is 12.7 Å². The summed E-state index contributed by atoms with van der Waals surface area (Å²) in [6.45, 7) is 3.77. The second-order valence-corrected chi connectivity index (χ2v) is 10.7. The number of fused-ring (bicyclic) bond motifs is 3. The average Bonchev–Trinajstić information content (AvgIpc) is 3.35. The summed E-state index contributed by atoms with van der Waals surface area (Å²) in [6, 6.07) is 14.3. The second-order valence-electron chi connectivity index (χ2n) is 10.7. The summed E-state index contributed by atoms with van der Waals surface area (Å²) in [6.07, 6.45) is 10.8. The van der Waals surface area contributed by atoms with Gasteiger partial charge in [0.25, 0.3) is 0 Å². The van der Waals surface area contributed by atoms with Crippen molar-refractivity contribution in [2.75, 3.05) is 0 Å². The van der Waals surface area contributed by atoms with Crippen LogP contribution in [0, 0.1) is 13.8 Å². The lowest BCUT2D eigenvalue weighted by Crippen LogP contribution is -2.14. The van der Waals surface area contributed by atoms with E-state index >= 15 is 0 Å². The highest BCUT2D eigenvalue weighted by atomic mass is 16.4. The lowest BCUT2D eigenvalue weighted by Gasteiger charge is -2.26. The maximum absolute atomic E-state index is 12.7. The van der Waals surface area contributed by atoms with Gasteiger partial charge < -0.3 is 9.67 Å². The number of carboxylic acids is 1. The molecule has 1 fully saturated rings. The van der Waals surface area contributed by atoms with Crippen LogP contribution in [-0.4, -0.2) is 40.6 Å². The Labute approximate surface area is 230 Å². The number of aromatic carboxylic acids is 1. The Hall–Kier alpha value is -4.72. The predicted molar refractivity (Wildman–Crippen MR) is 155 cm³/mol. The summed E-state index contributed by atoms with van der Waals surface area (Å²) in [5, 5.41) is 12.3. The number of carbonyl (C=O) groups is 1. The first-order chi connectivity index (χ1) is 19.5. The van der Waals surface area contributed by atoms with Gasteiger partial charge in [-0.3, -0.25) is 0 Å². The summed E-state index contributed by atoms with van der Waals surface area (Å²) >= 11 is 0. The molecule has 0 atom stereocenters. The van der Waals surface area contributed by atoms with Gasteiger partial charge >= 0.3 is 5.97 Å². The van der Waals surface area contributed by atoms with Crippen LogP contribution in [0.5, 0.6) is 0 Å². The van der Waals surface area contributed by atoms with E-state index in [9.17, 15) is 9.90 Å². The molecule has 3 aromatic carbocycles. The number of benzene rings is 3. The van der Waals surface area contributed by atoms with Gasteiger partial charge in [0.15, 0.2) is 0 Å². The van der Waals surface area contributed by atoms with Crippen molar-refractivity contribution in [3.63, 3.8) is 0 Å². The van der Waals surface area contributed by atoms with Gasteiger partial charge in [0.1, 0.15) is 18.0 Å². The Morgan fingerprint density at radius 3 is 2.42 bits per heavy atom. The molecule has 0 radical (unpaired) electrons. The molecule has 7 rings (SSSR count). The topological polar surface area (TPSA) is 107 Å². The third-order valence-corrected chi connectivity index (χ3v) is 8.09.